The summed E-state index contributed by atoms with van der Waals surface area (Å²) in [5.41, 5.74) is 0.303. The molecule has 0 saturated carbocycles. The van der Waals surface area contributed by atoms with Gasteiger partial charge in [-0.25, -0.2) is 4.79 Å². The summed E-state index contributed by atoms with van der Waals surface area (Å²) < 4.78 is 7.99. The van der Waals surface area contributed by atoms with Gasteiger partial charge in [-0.05, 0) is 34.8 Å². The Balaban J connectivity index is 2.15. The predicted octanol–water partition coefficient (Wildman–Crippen LogP) is 2.13. The fraction of sp³-hybridized carbons (Fsp3) is 0.500. The number of carboxylic acid groups (broad SMARTS) is 1. The van der Waals surface area contributed by atoms with Crippen LogP contribution in [0.4, 0.5) is 0 Å². The first kappa shape index (κ1) is 10.7. The third-order valence-electron chi connectivity index (χ3n) is 2.51. The van der Waals surface area contributed by atoms with E-state index in [1.165, 1.54) is 0 Å². The third-order valence-corrected chi connectivity index (χ3v) is 2.94. The molecule has 15 heavy (non-hydrogen) atoms. The van der Waals surface area contributed by atoms with Gasteiger partial charge < -0.3 is 14.4 Å². The van der Waals surface area contributed by atoms with Gasteiger partial charge in [0.1, 0.15) is 5.69 Å². The minimum atomic E-state index is -0.904. The summed E-state index contributed by atoms with van der Waals surface area (Å²) in [4.78, 5) is 10.9. The molecular weight excluding hydrogens is 262 g/mol. The Morgan fingerprint density at radius 3 is 3.13 bits per heavy atom. The van der Waals surface area contributed by atoms with Crippen molar-refractivity contribution in [3.8, 4) is 0 Å². The molecule has 1 aliphatic rings. The van der Waals surface area contributed by atoms with Crippen LogP contribution < -0.4 is 0 Å². The molecule has 1 N–H and O–H groups in total. The lowest BCUT2D eigenvalue weighted by atomic mass is 10.2. The van der Waals surface area contributed by atoms with Gasteiger partial charge in [0, 0.05) is 23.8 Å². The quantitative estimate of drug-likeness (QED) is 0.918. The summed E-state index contributed by atoms with van der Waals surface area (Å²) in [6.45, 7) is 1.41. The molecule has 1 aromatic rings. The van der Waals surface area contributed by atoms with E-state index in [4.69, 9.17) is 9.84 Å². The number of carbonyl (C=O) groups is 1. The second-order valence-electron chi connectivity index (χ2n) is 3.64. The first-order valence-corrected chi connectivity index (χ1v) is 5.66. The molecule has 82 valence electrons. The molecule has 0 radical (unpaired) electrons. The van der Waals surface area contributed by atoms with Crippen molar-refractivity contribution in [1.29, 1.82) is 0 Å². The molecule has 1 saturated heterocycles. The van der Waals surface area contributed by atoms with Crippen molar-refractivity contribution in [3.05, 3.63) is 22.4 Å². The summed E-state index contributed by atoms with van der Waals surface area (Å²) >= 11 is 3.28. The van der Waals surface area contributed by atoms with Gasteiger partial charge in [0.25, 0.3) is 0 Å². The predicted molar refractivity (Wildman–Crippen MR) is 58.1 cm³/mol. The van der Waals surface area contributed by atoms with Gasteiger partial charge in [0.05, 0.1) is 6.10 Å². The van der Waals surface area contributed by atoms with Gasteiger partial charge in [-0.1, -0.05) is 0 Å². The molecule has 0 bridgehead atoms. The molecule has 0 aromatic carbocycles. The number of hydrogen-bond donors (Lipinski definition) is 1. The molecule has 1 aromatic heterocycles. The molecule has 4 nitrogen and oxygen atoms in total. The fourth-order valence-corrected chi connectivity index (χ4v) is 2.28. The second-order valence-corrected chi connectivity index (χ2v) is 4.55. The van der Waals surface area contributed by atoms with E-state index in [1.807, 2.05) is 0 Å². The second kappa shape index (κ2) is 4.37. The Morgan fingerprint density at radius 2 is 2.53 bits per heavy atom. The highest BCUT2D eigenvalue weighted by atomic mass is 79.9. The largest absolute Gasteiger partial charge is 0.477 e. The van der Waals surface area contributed by atoms with Crippen LogP contribution in [0.3, 0.4) is 0 Å². The van der Waals surface area contributed by atoms with Gasteiger partial charge in [0.2, 0.25) is 0 Å². The first-order valence-electron chi connectivity index (χ1n) is 4.87. The number of halogens is 1. The van der Waals surface area contributed by atoms with Crippen molar-refractivity contribution < 1.29 is 14.6 Å². The summed E-state index contributed by atoms with van der Waals surface area (Å²) in [5.74, 6) is -0.904. The zero-order valence-electron chi connectivity index (χ0n) is 8.15. The Morgan fingerprint density at radius 1 is 1.73 bits per heavy atom. The van der Waals surface area contributed by atoms with Crippen molar-refractivity contribution in [2.75, 3.05) is 6.61 Å². The lowest BCUT2D eigenvalue weighted by Crippen LogP contribution is -2.17. The van der Waals surface area contributed by atoms with Crippen LogP contribution in [0.1, 0.15) is 23.3 Å². The summed E-state index contributed by atoms with van der Waals surface area (Å²) in [5, 5.41) is 8.97. The summed E-state index contributed by atoms with van der Waals surface area (Å²) in [6.07, 6.45) is 4.01. The molecule has 1 fully saturated rings. The van der Waals surface area contributed by atoms with E-state index in [2.05, 4.69) is 15.9 Å². The van der Waals surface area contributed by atoms with Crippen LogP contribution >= 0.6 is 15.9 Å². The van der Waals surface area contributed by atoms with E-state index in [-0.39, 0.29) is 6.10 Å². The zero-order chi connectivity index (χ0) is 10.8. The summed E-state index contributed by atoms with van der Waals surface area (Å²) in [6, 6.07) is 1.61. The maximum absolute atomic E-state index is 10.9. The van der Waals surface area contributed by atoms with Crippen LogP contribution in [-0.2, 0) is 11.3 Å². The van der Waals surface area contributed by atoms with Gasteiger partial charge >= 0.3 is 5.97 Å². The van der Waals surface area contributed by atoms with Crippen LogP contribution in [0.15, 0.2) is 16.7 Å². The molecule has 0 aliphatic carbocycles. The molecule has 1 aliphatic heterocycles. The van der Waals surface area contributed by atoms with Crippen molar-refractivity contribution in [1.82, 2.24) is 4.57 Å². The van der Waals surface area contributed by atoms with E-state index < -0.39 is 5.97 Å². The number of aromatic nitrogens is 1. The Labute approximate surface area is 96.0 Å². The standard InChI is InChI=1S/C10H12BrNO3/c11-7-4-9(10(13)14)12(5-7)6-8-2-1-3-15-8/h4-5,8H,1-3,6H2,(H,13,14). The summed E-state index contributed by atoms with van der Waals surface area (Å²) in [7, 11) is 0. The molecule has 1 unspecified atom stereocenters. The fourth-order valence-electron chi connectivity index (χ4n) is 1.81. The smallest absolute Gasteiger partial charge is 0.352 e. The molecule has 1 atom stereocenters. The highest BCUT2D eigenvalue weighted by Crippen LogP contribution is 2.19. The molecule has 0 amide bonds. The van der Waals surface area contributed by atoms with E-state index in [0.717, 1.165) is 23.9 Å². The van der Waals surface area contributed by atoms with Gasteiger partial charge in [-0.2, -0.15) is 0 Å². The third kappa shape index (κ3) is 2.41. The maximum Gasteiger partial charge on any atom is 0.352 e. The van der Waals surface area contributed by atoms with Crippen LogP contribution in [0.2, 0.25) is 0 Å². The number of ether oxygens (including phenoxy) is 1. The number of carboxylic acids is 1. The SMILES string of the molecule is O=C(O)c1cc(Br)cn1CC1CCCO1. The minimum absolute atomic E-state index is 0.155. The van der Waals surface area contributed by atoms with Crippen LogP contribution in [0, 0.1) is 0 Å². The van der Waals surface area contributed by atoms with Crippen LogP contribution in [0.5, 0.6) is 0 Å². The van der Waals surface area contributed by atoms with E-state index in [1.54, 1.807) is 16.8 Å². The minimum Gasteiger partial charge on any atom is -0.477 e. The Hall–Kier alpha value is -0.810. The van der Waals surface area contributed by atoms with E-state index in [9.17, 15) is 4.79 Å². The highest BCUT2D eigenvalue weighted by Gasteiger charge is 2.19. The molecule has 5 heteroatoms. The van der Waals surface area contributed by atoms with Crippen LogP contribution in [-0.4, -0.2) is 28.4 Å². The molecular formula is C10H12BrNO3. The molecule has 2 heterocycles. The van der Waals surface area contributed by atoms with Crippen molar-refractivity contribution in [2.24, 2.45) is 0 Å². The first-order chi connectivity index (χ1) is 7.16. The van der Waals surface area contributed by atoms with Gasteiger partial charge in [-0.15, -0.1) is 0 Å². The number of aromatic carboxylic acids is 1. The monoisotopic (exact) mass is 273 g/mol. The van der Waals surface area contributed by atoms with Crippen molar-refractivity contribution in [2.45, 2.75) is 25.5 Å². The van der Waals surface area contributed by atoms with Gasteiger partial charge in [-0.3, -0.25) is 0 Å². The topological polar surface area (TPSA) is 51.5 Å². The lowest BCUT2D eigenvalue weighted by molar-refractivity contribution is 0.0671. The normalized spacial score (nSPS) is 20.7. The average Bonchev–Trinajstić information content (AvgIpc) is 2.75. The lowest BCUT2D eigenvalue weighted by Gasteiger charge is -2.11. The number of nitrogens with zero attached hydrogens (tertiary/aromatic N) is 1. The zero-order valence-corrected chi connectivity index (χ0v) is 9.74. The molecule has 0 spiro atoms. The number of hydrogen-bond acceptors (Lipinski definition) is 2. The Bertz CT molecular complexity index is 369. The highest BCUT2D eigenvalue weighted by molar-refractivity contribution is 9.10. The average molecular weight is 274 g/mol. The maximum atomic E-state index is 10.9. The van der Waals surface area contributed by atoms with Gasteiger partial charge in [0.15, 0.2) is 0 Å². The van der Waals surface area contributed by atoms with Crippen molar-refractivity contribution in [3.63, 3.8) is 0 Å². The molecule has 2 rings (SSSR count). The van der Waals surface area contributed by atoms with E-state index in [0.29, 0.717) is 12.2 Å². The Kier molecular flexibility index (Phi) is 3.11. The van der Waals surface area contributed by atoms with Crippen molar-refractivity contribution >= 4 is 21.9 Å². The van der Waals surface area contributed by atoms with Crippen LogP contribution in [0.25, 0.3) is 0 Å². The number of rotatable bonds is 3. The van der Waals surface area contributed by atoms with E-state index >= 15 is 0 Å².